The summed E-state index contributed by atoms with van der Waals surface area (Å²) in [6.45, 7) is 12.6. The zero-order chi connectivity index (χ0) is 65.5. The molecule has 89 heavy (non-hydrogen) atoms. The van der Waals surface area contributed by atoms with Crippen LogP contribution < -0.4 is 0 Å². The Balaban J connectivity index is 0.883. The molecule has 35 atom stereocenters. The minimum Gasteiger partial charge on any atom is -0.394 e. The van der Waals surface area contributed by atoms with Gasteiger partial charge < -0.3 is 144 Å². The molecule has 0 radical (unpaired) electrons. The second-order valence-corrected chi connectivity index (χ2v) is 28.7. The van der Waals surface area contributed by atoms with E-state index in [1.54, 1.807) is 0 Å². The van der Waals surface area contributed by atoms with Gasteiger partial charge in [-0.05, 0) is 99.7 Å². The van der Waals surface area contributed by atoms with Crippen molar-refractivity contribution < 1.29 is 144 Å². The molecule has 0 amide bonds. The molecule has 8 fully saturated rings. The van der Waals surface area contributed by atoms with Crippen LogP contribution in [0.15, 0.2) is 11.6 Å². The number of allylic oxidation sites excluding steroid dienone is 1. The normalized spacial score (nSPS) is 51.8. The number of aliphatic hydroxyl groups is 19. The smallest absolute Gasteiger partial charge is 0.187 e. The predicted molar refractivity (Wildman–Crippen MR) is 300 cm³/mol. The Labute approximate surface area is 517 Å². The van der Waals surface area contributed by atoms with Crippen molar-refractivity contribution in [3.05, 3.63) is 11.6 Å². The number of hydrogen-bond acceptors (Lipinski definition) is 29. The molecule has 9 aliphatic rings. The van der Waals surface area contributed by atoms with E-state index in [2.05, 4.69) is 33.8 Å². The largest absolute Gasteiger partial charge is 0.394 e. The van der Waals surface area contributed by atoms with Crippen molar-refractivity contribution in [1.82, 2.24) is 0 Å². The molecule has 3 saturated carbocycles. The van der Waals surface area contributed by atoms with Crippen LogP contribution in [0.4, 0.5) is 0 Å². The fourth-order valence-corrected chi connectivity index (χ4v) is 17.0. The maximum Gasteiger partial charge on any atom is 0.187 e. The van der Waals surface area contributed by atoms with Gasteiger partial charge in [0.2, 0.25) is 0 Å². The van der Waals surface area contributed by atoms with Crippen LogP contribution in [0.1, 0.15) is 107 Å². The first-order valence-electron chi connectivity index (χ1n) is 31.6. The van der Waals surface area contributed by atoms with Gasteiger partial charge in [0.1, 0.15) is 122 Å². The zero-order valence-corrected chi connectivity index (χ0v) is 51.8. The molecule has 29 nitrogen and oxygen atoms in total. The van der Waals surface area contributed by atoms with Crippen LogP contribution in [0.3, 0.4) is 0 Å². The lowest BCUT2D eigenvalue weighted by Gasteiger charge is -2.67. The molecule has 9 rings (SSSR count). The second-order valence-electron chi connectivity index (χ2n) is 28.7. The Hall–Kier alpha value is -1.42. The van der Waals surface area contributed by atoms with E-state index in [1.165, 1.54) is 13.8 Å². The number of aliphatic hydroxyl groups excluding tert-OH is 18. The van der Waals surface area contributed by atoms with Crippen molar-refractivity contribution in [2.75, 3.05) is 33.0 Å². The average Bonchev–Trinajstić information content (AvgIpc) is 1.66. The Morgan fingerprint density at radius 1 is 0.517 bits per heavy atom. The second kappa shape index (κ2) is 27.6. The fraction of sp³-hybridized carbons (Fsp3) is 0.967. The molecule has 0 aromatic carbocycles. The summed E-state index contributed by atoms with van der Waals surface area (Å²) in [4.78, 5) is 0. The summed E-state index contributed by atoms with van der Waals surface area (Å²) in [6, 6.07) is 0. The molecule has 516 valence electrons. The number of hydrogen-bond donors (Lipinski definition) is 19. The van der Waals surface area contributed by atoms with Gasteiger partial charge in [0.05, 0.1) is 56.9 Å². The molecule has 5 saturated heterocycles. The van der Waals surface area contributed by atoms with Crippen molar-refractivity contribution >= 4 is 0 Å². The number of ether oxygens (including phenoxy) is 10. The highest BCUT2D eigenvalue weighted by atomic mass is 16.8. The Morgan fingerprint density at radius 2 is 0.955 bits per heavy atom. The maximum absolute atomic E-state index is 12.8. The van der Waals surface area contributed by atoms with E-state index >= 15 is 0 Å². The summed E-state index contributed by atoms with van der Waals surface area (Å²) in [5.41, 5.74) is -2.49. The van der Waals surface area contributed by atoms with Gasteiger partial charge in [-0.3, -0.25) is 0 Å². The highest BCUT2D eigenvalue weighted by Crippen LogP contribution is 2.75. The van der Waals surface area contributed by atoms with E-state index in [0.717, 1.165) is 18.4 Å². The summed E-state index contributed by atoms with van der Waals surface area (Å²) in [5.74, 6) is -0.0172. The third-order valence-corrected chi connectivity index (χ3v) is 22.9. The van der Waals surface area contributed by atoms with Crippen molar-refractivity contribution in [3.8, 4) is 0 Å². The molecular weight excluding hydrogens is 1180 g/mol. The first kappa shape index (κ1) is 71.9. The van der Waals surface area contributed by atoms with Gasteiger partial charge >= 0.3 is 0 Å². The first-order valence-corrected chi connectivity index (χ1v) is 31.6. The Bertz CT molecular complexity index is 2340. The Morgan fingerprint density at radius 3 is 1.45 bits per heavy atom. The number of fused-ring (bicyclic) bond motifs is 5. The molecule has 19 N–H and O–H groups in total. The highest BCUT2D eigenvalue weighted by molar-refractivity contribution is 5.32. The van der Waals surface area contributed by atoms with Gasteiger partial charge in [-0.2, -0.15) is 0 Å². The molecule has 4 aliphatic carbocycles. The zero-order valence-electron chi connectivity index (χ0n) is 51.8. The van der Waals surface area contributed by atoms with Crippen molar-refractivity contribution in [2.24, 2.45) is 45.3 Å². The lowest BCUT2D eigenvalue weighted by atomic mass is 9.38. The van der Waals surface area contributed by atoms with Gasteiger partial charge in [-0.1, -0.05) is 53.2 Å². The molecule has 29 heteroatoms. The van der Waals surface area contributed by atoms with E-state index in [-0.39, 0.29) is 35.5 Å². The molecular formula is C60H102O29. The van der Waals surface area contributed by atoms with E-state index in [1.807, 2.05) is 13.8 Å². The Kier molecular flexibility index (Phi) is 22.3. The van der Waals surface area contributed by atoms with Crippen molar-refractivity contribution in [3.63, 3.8) is 0 Å². The SMILES string of the molecule is C[C@H](CC[C@@H](O[C@@H]1O[C@H](CO[C@H]2O[C@H](CO)[C@@H](O)[C@H](O)[C@H]2O)[C@@H](O)[C@H](O)[C@H]1O[C@H]1O[C@@H](CO)[C@H](O)[C@@H](O)[C@@H]1O)C(C)(C)O)C1CC[C@@]2(C)C3CC=C4C(CC[C@H](O[C@@H]5O[C@H](CO[C@@H]6O[C@H](CO)[C@@H](O)[C@H](O)[C@H]6O)[C@@H](O)[C@H](O)[C@H]5O)C4(C)C)[C@]3(C)[C@H](O)C[C@]12C. The van der Waals surface area contributed by atoms with Gasteiger partial charge in [-0.25, -0.2) is 0 Å². The maximum atomic E-state index is 12.8. The number of rotatable bonds is 20. The average molecular weight is 1290 g/mol. The fourth-order valence-electron chi connectivity index (χ4n) is 17.0. The molecule has 0 aromatic heterocycles. The van der Waals surface area contributed by atoms with E-state index in [0.29, 0.717) is 32.1 Å². The highest BCUT2D eigenvalue weighted by Gasteiger charge is 2.70. The predicted octanol–water partition coefficient (Wildman–Crippen LogP) is -5.41. The van der Waals surface area contributed by atoms with Crippen LogP contribution in [-0.2, 0) is 47.4 Å². The monoisotopic (exact) mass is 1290 g/mol. The van der Waals surface area contributed by atoms with Crippen molar-refractivity contribution in [1.29, 1.82) is 0 Å². The third-order valence-electron chi connectivity index (χ3n) is 22.9. The molecule has 0 spiro atoms. The van der Waals surface area contributed by atoms with E-state index in [9.17, 15) is 97.0 Å². The van der Waals surface area contributed by atoms with Gasteiger partial charge in [0, 0.05) is 10.8 Å². The van der Waals surface area contributed by atoms with Crippen LogP contribution in [0.25, 0.3) is 0 Å². The van der Waals surface area contributed by atoms with Gasteiger partial charge in [0.15, 0.2) is 31.5 Å². The third kappa shape index (κ3) is 13.1. The summed E-state index contributed by atoms with van der Waals surface area (Å²) >= 11 is 0. The lowest BCUT2D eigenvalue weighted by Crippen LogP contribution is -2.65. The first-order chi connectivity index (χ1) is 41.6. The lowest BCUT2D eigenvalue weighted by molar-refractivity contribution is -0.380. The molecule has 0 bridgehead atoms. The van der Waals surface area contributed by atoms with E-state index in [4.69, 9.17) is 47.4 Å². The molecule has 3 unspecified atom stereocenters. The van der Waals surface area contributed by atoms with Crippen LogP contribution in [0, 0.1) is 45.3 Å². The molecule has 0 aromatic rings. The summed E-state index contributed by atoms with van der Waals surface area (Å²) in [5, 5.41) is 205. The minimum atomic E-state index is -1.96. The standard InChI is InChI=1S/C60H102O29/c1-23(9-13-35(57(4,5)79)88-55-50(89-54-49(78)43(72)38(67)29(20-63)84-54)45(74)40(69)31(86-55)22-81-52-47(76)42(71)37(66)28(19-62)83-52)24-15-16-58(6)32-12-10-25-26(60(32,8)33(64)17-59(24,58)7)11-14-34(56(25,2)3)87-53-48(77)44(73)39(68)30(85-53)21-80-51-46(75)41(70)36(65)27(18-61)82-51/h10,23-24,26-55,61-79H,9,11-22H2,1-8H3/t23-,24?,26?,27-,28-,29+,30-,31-,32?,33-,34+,35-,36-,37-,38+,39-,40-,41+,42+,43-,44+,45+,46-,47-,48-,49+,50-,51-,52+,53+,54-,55+,58+,59-,60+/m1/s1. The van der Waals surface area contributed by atoms with Gasteiger partial charge in [0.25, 0.3) is 0 Å². The molecule has 5 aliphatic heterocycles. The summed E-state index contributed by atoms with van der Waals surface area (Å²) < 4.78 is 59.3. The molecule has 5 heterocycles. The van der Waals surface area contributed by atoms with Crippen LogP contribution in [-0.4, -0.2) is 308 Å². The van der Waals surface area contributed by atoms with Crippen LogP contribution in [0.5, 0.6) is 0 Å². The van der Waals surface area contributed by atoms with Crippen LogP contribution >= 0.6 is 0 Å². The minimum absolute atomic E-state index is 0.0310. The van der Waals surface area contributed by atoms with Crippen LogP contribution in [0.2, 0.25) is 0 Å². The summed E-state index contributed by atoms with van der Waals surface area (Å²) in [7, 11) is 0. The van der Waals surface area contributed by atoms with Crippen molar-refractivity contribution in [2.45, 2.75) is 284 Å². The van der Waals surface area contributed by atoms with Gasteiger partial charge in [-0.15, -0.1) is 0 Å². The topological polar surface area (TPSA) is 477 Å². The van der Waals surface area contributed by atoms with E-state index < -0.39 is 227 Å². The summed E-state index contributed by atoms with van der Waals surface area (Å²) in [6.07, 6.45) is -37.4. The quantitative estimate of drug-likeness (QED) is 0.0506.